The smallest absolute Gasteiger partial charge is 0.409 e. The summed E-state index contributed by atoms with van der Waals surface area (Å²) in [6, 6.07) is 7.45. The number of likely N-dealkylation sites (tertiary alicyclic amines) is 1. The van der Waals surface area contributed by atoms with Gasteiger partial charge in [0.2, 0.25) is 0 Å². The van der Waals surface area contributed by atoms with E-state index in [4.69, 9.17) is 9.47 Å². The van der Waals surface area contributed by atoms with Crippen LogP contribution in [0.4, 0.5) is 4.79 Å². The van der Waals surface area contributed by atoms with Crippen LogP contribution in [0.2, 0.25) is 0 Å². The lowest BCUT2D eigenvalue weighted by molar-refractivity contribution is 0.0656. The van der Waals surface area contributed by atoms with E-state index >= 15 is 0 Å². The van der Waals surface area contributed by atoms with Crippen molar-refractivity contribution in [1.29, 1.82) is 0 Å². The van der Waals surface area contributed by atoms with Crippen molar-refractivity contribution in [3.05, 3.63) is 59.2 Å². The van der Waals surface area contributed by atoms with Crippen LogP contribution in [0.5, 0.6) is 0 Å². The van der Waals surface area contributed by atoms with Gasteiger partial charge in [-0.25, -0.2) is 4.79 Å². The summed E-state index contributed by atoms with van der Waals surface area (Å²) in [5.41, 5.74) is 3.19. The Morgan fingerprint density at radius 3 is 2.70 bits per heavy atom. The van der Waals surface area contributed by atoms with Crippen LogP contribution in [-0.4, -0.2) is 60.3 Å². The number of aromatic nitrogens is 2. The normalized spacial score (nSPS) is 14.4. The number of nitrogens with one attached hydrogen (secondary N) is 1. The molecule has 3 rings (SSSR count). The molecular weight excluding hydrogens is 384 g/mol. The van der Waals surface area contributed by atoms with Gasteiger partial charge in [0.25, 0.3) is 5.91 Å². The van der Waals surface area contributed by atoms with Crippen LogP contribution >= 0.6 is 0 Å². The van der Waals surface area contributed by atoms with Gasteiger partial charge in [-0.15, -0.1) is 0 Å². The number of ether oxygens (including phenoxy) is 2. The molecule has 2 aromatic rings. The minimum Gasteiger partial charge on any atom is -0.447 e. The quantitative estimate of drug-likeness (QED) is 0.703. The average Bonchev–Trinajstić information content (AvgIpc) is 2.78. The largest absolute Gasteiger partial charge is 0.447 e. The van der Waals surface area contributed by atoms with Crippen LogP contribution in [0, 0.1) is 6.92 Å². The molecule has 0 bridgehead atoms. The van der Waals surface area contributed by atoms with Gasteiger partial charge in [-0.2, -0.15) is 0 Å². The van der Waals surface area contributed by atoms with E-state index in [2.05, 4.69) is 15.3 Å². The molecule has 0 radical (unpaired) electrons. The molecule has 0 atom stereocenters. The van der Waals surface area contributed by atoms with E-state index in [9.17, 15) is 9.59 Å². The van der Waals surface area contributed by atoms with Gasteiger partial charge in [-0.3, -0.25) is 14.8 Å². The molecule has 1 fully saturated rings. The Hall–Kier alpha value is -3.00. The third kappa shape index (κ3) is 5.76. The molecule has 0 unspecified atom stereocenters. The third-order valence-corrected chi connectivity index (χ3v) is 5.14. The molecule has 30 heavy (non-hydrogen) atoms. The van der Waals surface area contributed by atoms with E-state index in [1.54, 1.807) is 24.4 Å². The molecule has 3 heterocycles. The van der Waals surface area contributed by atoms with E-state index in [-0.39, 0.29) is 24.5 Å². The van der Waals surface area contributed by atoms with Crippen molar-refractivity contribution < 1.29 is 19.1 Å². The Balaban J connectivity index is 1.63. The molecule has 0 saturated carbocycles. The van der Waals surface area contributed by atoms with E-state index in [1.807, 2.05) is 31.2 Å². The van der Waals surface area contributed by atoms with Gasteiger partial charge in [0.1, 0.15) is 6.61 Å². The first-order valence-electron chi connectivity index (χ1n) is 10.1. The van der Waals surface area contributed by atoms with Crippen molar-refractivity contribution in [2.24, 2.45) is 0 Å². The molecule has 8 heteroatoms. The molecule has 1 saturated heterocycles. The molecule has 8 nitrogen and oxygen atoms in total. The van der Waals surface area contributed by atoms with Crippen LogP contribution in [-0.2, 0) is 16.0 Å². The number of methoxy groups -OCH3 is 1. The van der Waals surface area contributed by atoms with Gasteiger partial charge in [-0.1, -0.05) is 6.07 Å². The fourth-order valence-electron chi connectivity index (χ4n) is 3.50. The van der Waals surface area contributed by atoms with Gasteiger partial charge >= 0.3 is 6.09 Å². The second-order valence-corrected chi connectivity index (χ2v) is 7.30. The number of hydrogen-bond donors (Lipinski definition) is 1. The molecule has 1 N–H and O–H groups in total. The fraction of sp³-hybridized carbons (Fsp3) is 0.455. The first-order chi connectivity index (χ1) is 14.6. The predicted molar refractivity (Wildman–Crippen MR) is 111 cm³/mol. The highest BCUT2D eigenvalue weighted by molar-refractivity contribution is 5.95. The molecular formula is C22H28N4O4. The summed E-state index contributed by atoms with van der Waals surface area (Å²) < 4.78 is 10.1. The fourth-order valence-corrected chi connectivity index (χ4v) is 3.50. The zero-order chi connectivity index (χ0) is 21.3. The van der Waals surface area contributed by atoms with Gasteiger partial charge in [-0.05, 0) is 43.5 Å². The minimum absolute atomic E-state index is 0.118. The van der Waals surface area contributed by atoms with Gasteiger partial charge in [0.05, 0.1) is 17.9 Å². The third-order valence-electron chi connectivity index (χ3n) is 5.14. The number of rotatable bonds is 7. The molecule has 0 spiro atoms. The Labute approximate surface area is 176 Å². The van der Waals surface area contributed by atoms with Crippen molar-refractivity contribution >= 4 is 12.0 Å². The molecule has 1 aliphatic heterocycles. The highest BCUT2D eigenvalue weighted by atomic mass is 16.6. The van der Waals surface area contributed by atoms with Gasteiger partial charge in [0, 0.05) is 50.7 Å². The van der Waals surface area contributed by atoms with Crippen LogP contribution in [0.15, 0.2) is 36.7 Å². The molecule has 2 amide bonds. The second kappa shape index (κ2) is 10.7. The average molecular weight is 412 g/mol. The second-order valence-electron chi connectivity index (χ2n) is 7.30. The van der Waals surface area contributed by atoms with Crippen LogP contribution < -0.4 is 5.32 Å². The molecule has 160 valence electrons. The Morgan fingerprint density at radius 2 is 2.00 bits per heavy atom. The molecule has 2 aromatic heterocycles. The summed E-state index contributed by atoms with van der Waals surface area (Å²) in [5, 5.41) is 2.95. The maximum absolute atomic E-state index is 12.8. The highest BCUT2D eigenvalue weighted by Crippen LogP contribution is 2.29. The number of pyridine rings is 2. The van der Waals surface area contributed by atoms with Crippen LogP contribution in [0.3, 0.4) is 0 Å². The summed E-state index contributed by atoms with van der Waals surface area (Å²) in [7, 11) is 1.57. The lowest BCUT2D eigenvalue weighted by atomic mass is 9.90. The van der Waals surface area contributed by atoms with Crippen molar-refractivity contribution in [3.63, 3.8) is 0 Å². The van der Waals surface area contributed by atoms with E-state index in [0.29, 0.717) is 31.8 Å². The standard InChI is InChI=1S/C22H28N4O4/c1-16-5-6-19(21(27)24-15-17-4-3-9-23-14-17)20(25-16)18-7-10-26(11-8-18)22(28)30-13-12-29-2/h3-6,9,14,18H,7-8,10-13,15H2,1-2H3,(H,24,27). The summed E-state index contributed by atoms with van der Waals surface area (Å²) in [4.78, 5) is 35.4. The number of piperidine rings is 1. The Kier molecular flexibility index (Phi) is 7.73. The molecule has 0 aromatic carbocycles. The maximum Gasteiger partial charge on any atom is 0.409 e. The van der Waals surface area contributed by atoms with E-state index in [0.717, 1.165) is 29.8 Å². The van der Waals surface area contributed by atoms with Crippen molar-refractivity contribution in [2.45, 2.75) is 32.2 Å². The maximum atomic E-state index is 12.8. The first-order valence-corrected chi connectivity index (χ1v) is 10.1. The summed E-state index contributed by atoms with van der Waals surface area (Å²) in [6.07, 6.45) is 4.58. The number of carbonyl (C=O) groups excluding carboxylic acids is 2. The van der Waals surface area contributed by atoms with Crippen molar-refractivity contribution in [1.82, 2.24) is 20.2 Å². The van der Waals surface area contributed by atoms with Crippen LogP contribution in [0.1, 0.15) is 46.1 Å². The summed E-state index contributed by atoms with van der Waals surface area (Å²) in [5.74, 6) is -0.0326. The first kappa shape index (κ1) is 21.7. The molecule has 0 aliphatic carbocycles. The zero-order valence-corrected chi connectivity index (χ0v) is 17.5. The number of nitrogens with zero attached hydrogens (tertiary/aromatic N) is 3. The number of amides is 2. The lowest BCUT2D eigenvalue weighted by Crippen LogP contribution is -2.39. The lowest BCUT2D eigenvalue weighted by Gasteiger charge is -2.31. The summed E-state index contributed by atoms with van der Waals surface area (Å²) in [6.45, 7) is 4.10. The topological polar surface area (TPSA) is 93.7 Å². The number of carbonyl (C=O) groups is 2. The van der Waals surface area contributed by atoms with Crippen LogP contribution in [0.25, 0.3) is 0 Å². The number of aryl methyl sites for hydroxylation is 1. The minimum atomic E-state index is -0.322. The predicted octanol–water partition coefficient (Wildman–Crippen LogP) is 2.68. The SMILES string of the molecule is COCCOC(=O)N1CCC(c2nc(C)ccc2C(=O)NCc2cccnc2)CC1. The Morgan fingerprint density at radius 1 is 1.20 bits per heavy atom. The Bertz CT molecular complexity index is 851. The summed E-state index contributed by atoms with van der Waals surface area (Å²) >= 11 is 0. The molecule has 1 aliphatic rings. The highest BCUT2D eigenvalue weighted by Gasteiger charge is 2.28. The van der Waals surface area contributed by atoms with Gasteiger partial charge < -0.3 is 19.7 Å². The van der Waals surface area contributed by atoms with Crippen molar-refractivity contribution in [3.8, 4) is 0 Å². The van der Waals surface area contributed by atoms with E-state index < -0.39 is 0 Å². The zero-order valence-electron chi connectivity index (χ0n) is 17.5. The van der Waals surface area contributed by atoms with Crippen molar-refractivity contribution in [2.75, 3.05) is 33.4 Å². The number of hydrogen-bond acceptors (Lipinski definition) is 6. The van der Waals surface area contributed by atoms with Gasteiger partial charge in [0.15, 0.2) is 0 Å². The monoisotopic (exact) mass is 412 g/mol. The van der Waals surface area contributed by atoms with E-state index in [1.165, 1.54) is 0 Å².